The lowest BCUT2D eigenvalue weighted by molar-refractivity contribution is -0.656. The highest BCUT2D eigenvalue weighted by Crippen LogP contribution is 2.22. The second kappa shape index (κ2) is 6.65. The fourth-order valence-electron chi connectivity index (χ4n) is 1.05. The number of benzene rings is 1. The first-order valence-corrected chi connectivity index (χ1v) is 5.02. The average Bonchev–Trinajstić information content (AvgIpc) is 2.20. The van der Waals surface area contributed by atoms with Crippen LogP contribution in [0, 0.1) is 0 Å². The number of hydrogen-bond acceptors (Lipinski definition) is 2. The first kappa shape index (κ1) is 11.3. The van der Waals surface area contributed by atoms with Gasteiger partial charge in [0.15, 0.2) is 0 Å². The van der Waals surface area contributed by atoms with Gasteiger partial charge in [0, 0.05) is 0 Å². The van der Waals surface area contributed by atoms with Crippen LogP contribution >= 0.6 is 11.6 Å². The molecule has 0 aliphatic rings. The quantitative estimate of drug-likeness (QED) is 0.671. The van der Waals surface area contributed by atoms with Gasteiger partial charge >= 0.3 is 0 Å². The molecular weight excluding hydrogens is 202 g/mol. The van der Waals surface area contributed by atoms with Gasteiger partial charge in [-0.1, -0.05) is 23.7 Å². The van der Waals surface area contributed by atoms with E-state index in [9.17, 15) is 0 Å². The SMILES string of the molecule is OCC[NH2+]CCOc1ccccc1Cl. The van der Waals surface area contributed by atoms with Crippen LogP contribution in [0.2, 0.25) is 5.02 Å². The molecule has 0 amide bonds. The van der Waals surface area contributed by atoms with Crippen molar-refractivity contribution < 1.29 is 15.2 Å². The Kier molecular flexibility index (Phi) is 5.37. The van der Waals surface area contributed by atoms with Crippen LogP contribution in [0.3, 0.4) is 0 Å². The molecule has 0 atom stereocenters. The Hall–Kier alpha value is -0.770. The molecule has 1 aromatic carbocycles. The van der Waals surface area contributed by atoms with E-state index in [2.05, 4.69) is 0 Å². The predicted molar refractivity (Wildman–Crippen MR) is 55.7 cm³/mol. The van der Waals surface area contributed by atoms with E-state index < -0.39 is 0 Å². The van der Waals surface area contributed by atoms with Gasteiger partial charge in [0.05, 0.1) is 18.2 Å². The zero-order valence-corrected chi connectivity index (χ0v) is 8.70. The number of aliphatic hydroxyl groups is 1. The average molecular weight is 217 g/mol. The normalized spacial score (nSPS) is 10.1. The molecule has 0 heterocycles. The van der Waals surface area contributed by atoms with Gasteiger partial charge in [-0.05, 0) is 12.1 Å². The Labute approximate surface area is 88.7 Å². The summed E-state index contributed by atoms with van der Waals surface area (Å²) in [5, 5.41) is 11.2. The molecule has 1 aromatic rings. The molecule has 0 aliphatic carbocycles. The second-order valence-corrected chi connectivity index (χ2v) is 3.28. The molecule has 0 spiro atoms. The van der Waals surface area contributed by atoms with Crippen LogP contribution in [0.25, 0.3) is 0 Å². The van der Waals surface area contributed by atoms with Crippen molar-refractivity contribution in [3.05, 3.63) is 29.3 Å². The van der Waals surface area contributed by atoms with E-state index >= 15 is 0 Å². The highest BCUT2D eigenvalue weighted by Gasteiger charge is 1.99. The van der Waals surface area contributed by atoms with Crippen molar-refractivity contribution in [2.24, 2.45) is 0 Å². The number of nitrogens with two attached hydrogens (primary N) is 1. The maximum absolute atomic E-state index is 8.53. The van der Waals surface area contributed by atoms with Gasteiger partial charge in [0.1, 0.15) is 18.9 Å². The summed E-state index contributed by atoms with van der Waals surface area (Å²) in [5.74, 6) is 0.714. The highest BCUT2D eigenvalue weighted by molar-refractivity contribution is 6.32. The summed E-state index contributed by atoms with van der Waals surface area (Å²) in [6, 6.07) is 7.40. The summed E-state index contributed by atoms with van der Waals surface area (Å²) < 4.78 is 5.44. The third-order valence-electron chi connectivity index (χ3n) is 1.75. The number of para-hydroxylation sites is 1. The molecule has 0 bridgehead atoms. The number of ether oxygens (including phenoxy) is 1. The van der Waals surface area contributed by atoms with Gasteiger partial charge in [0.25, 0.3) is 0 Å². The Balaban J connectivity index is 2.21. The van der Waals surface area contributed by atoms with Crippen molar-refractivity contribution in [2.75, 3.05) is 26.3 Å². The maximum atomic E-state index is 8.53. The lowest BCUT2D eigenvalue weighted by Gasteiger charge is -2.06. The van der Waals surface area contributed by atoms with Crippen LogP contribution in [0.15, 0.2) is 24.3 Å². The maximum Gasteiger partial charge on any atom is 0.138 e. The predicted octanol–water partition coefficient (Wildman–Crippen LogP) is 0.274. The van der Waals surface area contributed by atoms with Crippen LogP contribution in [0.5, 0.6) is 5.75 Å². The van der Waals surface area contributed by atoms with E-state index in [1.807, 2.05) is 23.5 Å². The first-order chi connectivity index (χ1) is 6.84. The minimum Gasteiger partial charge on any atom is -0.486 e. The third kappa shape index (κ3) is 3.96. The van der Waals surface area contributed by atoms with E-state index in [1.165, 1.54) is 0 Å². The van der Waals surface area contributed by atoms with Gasteiger partial charge < -0.3 is 15.2 Å². The standard InChI is InChI=1S/C10H14ClNO2/c11-9-3-1-2-4-10(9)14-8-6-12-5-7-13/h1-4,12-13H,5-8H2/p+1. The van der Waals surface area contributed by atoms with Gasteiger partial charge in [-0.15, -0.1) is 0 Å². The summed E-state index contributed by atoms with van der Waals surface area (Å²) in [5.41, 5.74) is 0. The number of rotatable bonds is 6. The first-order valence-electron chi connectivity index (χ1n) is 4.64. The number of halogens is 1. The summed E-state index contributed by atoms with van der Waals surface area (Å²) in [7, 11) is 0. The van der Waals surface area contributed by atoms with Crippen LogP contribution in [-0.2, 0) is 0 Å². The Morgan fingerprint density at radius 1 is 1.29 bits per heavy atom. The van der Waals surface area contributed by atoms with E-state index in [0.717, 1.165) is 6.54 Å². The van der Waals surface area contributed by atoms with Crippen LogP contribution in [0.4, 0.5) is 0 Å². The molecule has 0 saturated heterocycles. The van der Waals surface area contributed by atoms with Gasteiger partial charge in [-0.3, -0.25) is 0 Å². The molecule has 1 rings (SSSR count). The summed E-state index contributed by atoms with van der Waals surface area (Å²) >= 11 is 5.89. The summed E-state index contributed by atoms with van der Waals surface area (Å²) in [4.78, 5) is 0. The van der Waals surface area contributed by atoms with Crippen molar-refractivity contribution in [1.29, 1.82) is 0 Å². The molecule has 0 aliphatic heterocycles. The Morgan fingerprint density at radius 3 is 2.79 bits per heavy atom. The fraction of sp³-hybridized carbons (Fsp3) is 0.400. The van der Waals surface area contributed by atoms with E-state index in [1.54, 1.807) is 6.07 Å². The molecule has 3 N–H and O–H groups in total. The van der Waals surface area contributed by atoms with Crippen molar-refractivity contribution in [1.82, 2.24) is 0 Å². The molecule has 14 heavy (non-hydrogen) atoms. The fourth-order valence-corrected chi connectivity index (χ4v) is 1.24. The lowest BCUT2D eigenvalue weighted by atomic mass is 10.3. The monoisotopic (exact) mass is 216 g/mol. The molecule has 0 unspecified atom stereocenters. The van der Waals surface area contributed by atoms with E-state index in [4.69, 9.17) is 21.4 Å². The number of aliphatic hydroxyl groups excluding tert-OH is 1. The van der Waals surface area contributed by atoms with Crippen LogP contribution in [-0.4, -0.2) is 31.4 Å². The van der Waals surface area contributed by atoms with Crippen molar-refractivity contribution in [2.45, 2.75) is 0 Å². The van der Waals surface area contributed by atoms with Crippen LogP contribution < -0.4 is 10.1 Å². The van der Waals surface area contributed by atoms with E-state index in [0.29, 0.717) is 23.9 Å². The number of quaternary nitrogens is 1. The molecule has 3 nitrogen and oxygen atoms in total. The molecule has 78 valence electrons. The second-order valence-electron chi connectivity index (χ2n) is 2.87. The summed E-state index contributed by atoms with van der Waals surface area (Å²) in [6.45, 7) is 2.34. The Bertz CT molecular complexity index is 268. The minimum atomic E-state index is 0.200. The molecule has 0 radical (unpaired) electrons. The van der Waals surface area contributed by atoms with Gasteiger partial charge in [0.2, 0.25) is 0 Å². The van der Waals surface area contributed by atoms with Gasteiger partial charge in [-0.25, -0.2) is 0 Å². The minimum absolute atomic E-state index is 0.200. The van der Waals surface area contributed by atoms with E-state index in [-0.39, 0.29) is 6.61 Å². The largest absolute Gasteiger partial charge is 0.486 e. The lowest BCUT2D eigenvalue weighted by Crippen LogP contribution is -2.86. The third-order valence-corrected chi connectivity index (χ3v) is 2.06. The smallest absolute Gasteiger partial charge is 0.138 e. The number of hydrogen-bond donors (Lipinski definition) is 2. The molecule has 0 aromatic heterocycles. The highest BCUT2D eigenvalue weighted by atomic mass is 35.5. The van der Waals surface area contributed by atoms with Crippen molar-refractivity contribution >= 4 is 11.6 Å². The van der Waals surface area contributed by atoms with Crippen molar-refractivity contribution in [3.63, 3.8) is 0 Å². The molecular formula is C10H15ClNO2+. The van der Waals surface area contributed by atoms with Crippen LogP contribution in [0.1, 0.15) is 0 Å². The molecule has 0 fully saturated rings. The molecule has 4 heteroatoms. The topological polar surface area (TPSA) is 46.1 Å². The molecule has 0 saturated carbocycles. The Morgan fingerprint density at radius 2 is 2.07 bits per heavy atom. The zero-order valence-electron chi connectivity index (χ0n) is 7.95. The zero-order chi connectivity index (χ0) is 10.2. The van der Waals surface area contributed by atoms with Crippen molar-refractivity contribution in [3.8, 4) is 5.75 Å². The van der Waals surface area contributed by atoms with Gasteiger partial charge in [-0.2, -0.15) is 0 Å². The summed E-state index contributed by atoms with van der Waals surface area (Å²) in [6.07, 6.45) is 0.